The second kappa shape index (κ2) is 15.4. The van der Waals surface area contributed by atoms with Crippen molar-refractivity contribution in [2.45, 2.75) is 36.3 Å². The summed E-state index contributed by atoms with van der Waals surface area (Å²) in [6.45, 7) is 0.872. The monoisotopic (exact) mass is 679 g/mol. The zero-order chi connectivity index (χ0) is 34.9. The van der Waals surface area contributed by atoms with Crippen molar-refractivity contribution < 1.29 is 59.4 Å². The zero-order valence-electron chi connectivity index (χ0n) is 23.6. The highest BCUT2D eigenvalue weighted by molar-refractivity contribution is 7.89. The van der Waals surface area contributed by atoms with E-state index in [-0.39, 0.29) is 10.8 Å². The summed E-state index contributed by atoms with van der Waals surface area (Å²) in [4.78, 5) is 32.5. The molecule has 0 bridgehead atoms. The van der Waals surface area contributed by atoms with Crippen LogP contribution < -0.4 is 15.9 Å². The molecule has 1 aliphatic heterocycles. The maximum Gasteiger partial charge on any atom is 0.490 e. The van der Waals surface area contributed by atoms with Gasteiger partial charge in [0.25, 0.3) is 0 Å². The van der Waals surface area contributed by atoms with Crippen molar-refractivity contribution in [1.82, 2.24) is 9.62 Å². The first-order chi connectivity index (χ1) is 21.3. The number of carboxylic acid groups (broad SMARTS) is 2. The van der Waals surface area contributed by atoms with E-state index in [2.05, 4.69) is 15.1 Å². The molecule has 4 rings (SSSR count). The third-order valence-electron chi connectivity index (χ3n) is 6.04. The summed E-state index contributed by atoms with van der Waals surface area (Å²) in [5, 5.41) is 22.6. The molecule has 0 aromatic heterocycles. The first-order valence-electron chi connectivity index (χ1n) is 12.7. The molecule has 19 heteroatoms. The number of halogens is 6. The average Bonchev–Trinajstić information content (AvgIpc) is 3.30. The van der Waals surface area contributed by atoms with Crippen LogP contribution in [0.1, 0.15) is 17.5 Å². The number of likely N-dealkylation sites (tertiary alicyclic amines) is 1. The van der Waals surface area contributed by atoms with Gasteiger partial charge in [-0.2, -0.15) is 36.2 Å². The van der Waals surface area contributed by atoms with Gasteiger partial charge in [-0.05, 0) is 58.7 Å². The summed E-state index contributed by atoms with van der Waals surface area (Å²) in [6.07, 6.45) is -8.21. The summed E-state index contributed by atoms with van der Waals surface area (Å²) < 4.78 is 92.0. The fraction of sp³-hybridized carbons (Fsp3) is 0.259. The number of hydrogen-bond acceptors (Lipinski definition) is 8. The molecule has 250 valence electrons. The smallest absolute Gasteiger partial charge is 0.475 e. The number of carbonyl (C=O) groups is 3. The number of anilines is 1. The zero-order valence-corrected chi connectivity index (χ0v) is 24.4. The average molecular weight is 680 g/mol. The number of nitrogens with zero attached hydrogens (tertiary/aromatic N) is 2. The van der Waals surface area contributed by atoms with Crippen molar-refractivity contribution >= 4 is 50.5 Å². The Morgan fingerprint density at radius 3 is 2.11 bits per heavy atom. The molecule has 0 saturated carbocycles. The van der Waals surface area contributed by atoms with Gasteiger partial charge in [0.1, 0.15) is 6.04 Å². The molecule has 0 aliphatic carbocycles. The van der Waals surface area contributed by atoms with Gasteiger partial charge in [-0.3, -0.25) is 4.79 Å². The van der Waals surface area contributed by atoms with Gasteiger partial charge in [0.2, 0.25) is 15.9 Å². The molecule has 0 spiro atoms. The number of carbonyl (C=O) groups excluding carboxylic acids is 1. The van der Waals surface area contributed by atoms with Crippen LogP contribution >= 0.6 is 0 Å². The van der Waals surface area contributed by atoms with Crippen LogP contribution in [0.4, 0.5) is 32.0 Å². The molecule has 1 aliphatic rings. The Hall–Kier alpha value is -4.91. The van der Waals surface area contributed by atoms with Crippen molar-refractivity contribution in [3.63, 3.8) is 0 Å². The lowest BCUT2D eigenvalue weighted by Gasteiger charge is -2.18. The number of rotatable bonds is 7. The maximum absolute atomic E-state index is 13.0. The Labute approximate surface area is 257 Å². The molecule has 1 amide bonds. The van der Waals surface area contributed by atoms with Crippen LogP contribution in [-0.4, -0.2) is 79.6 Å². The lowest BCUT2D eigenvalue weighted by Crippen LogP contribution is -2.41. The number of sulfonamides is 1. The number of aliphatic carboxylic acids is 2. The number of carboxylic acids is 2. The van der Waals surface area contributed by atoms with Gasteiger partial charge >= 0.3 is 24.3 Å². The largest absolute Gasteiger partial charge is 0.490 e. The van der Waals surface area contributed by atoms with Gasteiger partial charge < -0.3 is 26.3 Å². The predicted molar refractivity (Wildman–Crippen MR) is 153 cm³/mol. The minimum Gasteiger partial charge on any atom is -0.475 e. The quantitative estimate of drug-likeness (QED) is 0.108. The predicted octanol–water partition coefficient (Wildman–Crippen LogP) is 3.52. The molecule has 0 unspecified atom stereocenters. The van der Waals surface area contributed by atoms with Crippen LogP contribution in [0.2, 0.25) is 0 Å². The van der Waals surface area contributed by atoms with E-state index in [4.69, 9.17) is 25.6 Å². The number of fused-ring (bicyclic) bond motifs is 1. The van der Waals surface area contributed by atoms with E-state index < -0.39 is 40.4 Å². The van der Waals surface area contributed by atoms with E-state index >= 15 is 0 Å². The number of alkyl halides is 6. The highest BCUT2D eigenvalue weighted by atomic mass is 32.2. The molecule has 0 radical (unpaired) electrons. The first-order valence-corrected chi connectivity index (χ1v) is 14.2. The summed E-state index contributed by atoms with van der Waals surface area (Å²) in [7, 11) is -2.04. The lowest BCUT2D eigenvalue weighted by molar-refractivity contribution is -0.193. The lowest BCUT2D eigenvalue weighted by atomic mass is 10.1. The summed E-state index contributed by atoms with van der Waals surface area (Å²) in [5.41, 5.74) is 2.66. The van der Waals surface area contributed by atoms with Crippen molar-refractivity contribution in [2.75, 3.05) is 18.9 Å². The summed E-state index contributed by atoms with van der Waals surface area (Å²) >= 11 is 0. The SMILES string of the molecule is CNc1ccc2ccc(S(=O)(=O)N[C@H]3CCN(Cc4cccc(C=NN)c4)C3=O)cc2c1.O=C(O)C(F)(F)F.O=C(O)C(F)(F)F. The van der Waals surface area contributed by atoms with Gasteiger partial charge in [-0.1, -0.05) is 30.3 Å². The normalized spacial score (nSPS) is 15.2. The number of nitrogens with one attached hydrogen (secondary N) is 2. The summed E-state index contributed by atoms with van der Waals surface area (Å²) in [6, 6.07) is 17.5. The van der Waals surface area contributed by atoms with E-state index in [1.165, 1.54) is 6.21 Å². The van der Waals surface area contributed by atoms with Crippen molar-refractivity contribution in [2.24, 2.45) is 10.9 Å². The molecule has 3 aromatic carbocycles. The van der Waals surface area contributed by atoms with Gasteiger partial charge in [-0.25, -0.2) is 18.0 Å². The fourth-order valence-corrected chi connectivity index (χ4v) is 5.14. The second-order valence-electron chi connectivity index (χ2n) is 9.33. The van der Waals surface area contributed by atoms with E-state index in [1.807, 2.05) is 49.5 Å². The van der Waals surface area contributed by atoms with Gasteiger partial charge in [0, 0.05) is 25.8 Å². The van der Waals surface area contributed by atoms with Gasteiger partial charge in [0.05, 0.1) is 11.1 Å². The number of hydrogen-bond donors (Lipinski definition) is 5. The van der Waals surface area contributed by atoms with E-state index in [9.17, 15) is 39.6 Å². The molecule has 3 aromatic rings. The Kier molecular flexibility index (Phi) is 12.5. The van der Waals surface area contributed by atoms with Crippen LogP contribution in [0.3, 0.4) is 0 Å². The topological polar surface area (TPSA) is 191 Å². The van der Waals surface area contributed by atoms with Crippen LogP contribution in [0, 0.1) is 0 Å². The molecule has 12 nitrogen and oxygen atoms in total. The molecule has 1 fully saturated rings. The fourth-order valence-electron chi connectivity index (χ4n) is 3.89. The van der Waals surface area contributed by atoms with Crippen molar-refractivity contribution in [3.8, 4) is 0 Å². The van der Waals surface area contributed by atoms with Crippen LogP contribution in [0.5, 0.6) is 0 Å². The minimum atomic E-state index is -5.08. The number of benzene rings is 3. The van der Waals surface area contributed by atoms with Crippen molar-refractivity contribution in [1.29, 1.82) is 0 Å². The molecule has 1 saturated heterocycles. The summed E-state index contributed by atoms with van der Waals surface area (Å²) in [5.74, 6) is -0.543. The second-order valence-corrected chi connectivity index (χ2v) is 11.0. The van der Waals surface area contributed by atoms with E-state index in [0.29, 0.717) is 19.5 Å². The van der Waals surface area contributed by atoms with E-state index in [0.717, 1.165) is 27.6 Å². The molecule has 1 heterocycles. The third-order valence-corrected chi connectivity index (χ3v) is 7.51. The molecular weight excluding hydrogens is 652 g/mol. The van der Waals surface area contributed by atoms with Crippen LogP contribution in [0.25, 0.3) is 10.8 Å². The van der Waals surface area contributed by atoms with Crippen molar-refractivity contribution in [3.05, 3.63) is 71.8 Å². The molecule has 1 atom stereocenters. The molecule has 6 N–H and O–H groups in total. The van der Waals surface area contributed by atoms with Crippen LogP contribution in [0.15, 0.2) is 70.7 Å². The number of amides is 1. The van der Waals surface area contributed by atoms with E-state index in [1.54, 1.807) is 23.1 Å². The van der Waals surface area contributed by atoms with Gasteiger partial charge in [0.15, 0.2) is 0 Å². The maximum atomic E-state index is 13.0. The molecular formula is C27H27F6N5O7S. The van der Waals surface area contributed by atoms with Gasteiger partial charge in [-0.15, -0.1) is 0 Å². The Morgan fingerprint density at radius 1 is 0.978 bits per heavy atom. The first kappa shape index (κ1) is 37.3. The molecule has 46 heavy (non-hydrogen) atoms. The Bertz CT molecular complexity index is 1670. The Balaban J connectivity index is 0.000000440. The highest BCUT2D eigenvalue weighted by Crippen LogP contribution is 2.24. The minimum absolute atomic E-state index is 0.137. The van der Waals surface area contributed by atoms with Crippen LogP contribution in [-0.2, 0) is 31.0 Å². The highest BCUT2D eigenvalue weighted by Gasteiger charge is 2.39. The number of nitrogens with two attached hydrogens (primary N) is 1. The standard InChI is InChI=1S/C23H25N5O3S.2C2HF3O2/c1-25-20-7-5-18-6-8-21(13-19(18)12-20)32(30,31)27-22-9-10-28(23(22)29)15-17-4-2-3-16(11-17)14-26-24;2*3-2(4,5)1(6)7/h2-8,11-14,22,25,27H,9-10,15,24H2,1H3;2*(H,6,7)/t22-;;/m0../s1. The number of hydrazone groups is 1. The third kappa shape index (κ3) is 10.9. The Morgan fingerprint density at radius 2 is 1.57 bits per heavy atom.